The number of nitrogens with one attached hydrogen (secondary N) is 1. The van der Waals surface area contributed by atoms with Crippen molar-refractivity contribution in [3.8, 4) is 0 Å². The third kappa shape index (κ3) is 2.70. The zero-order valence-corrected chi connectivity index (χ0v) is 11.0. The van der Waals surface area contributed by atoms with Gasteiger partial charge in [-0.1, -0.05) is 6.07 Å². The van der Waals surface area contributed by atoms with Crippen LogP contribution in [0.1, 0.15) is 11.4 Å². The fraction of sp³-hybridized carbons (Fsp3) is 0.333. The maximum Gasteiger partial charge on any atom is 0.346 e. The van der Waals surface area contributed by atoms with Crippen molar-refractivity contribution in [2.45, 2.75) is 13.5 Å². The molecule has 0 unspecified atom stereocenters. The monoisotopic (exact) mass is 261 g/mol. The molecule has 19 heavy (non-hydrogen) atoms. The topological polar surface area (TPSA) is 81.8 Å². The van der Waals surface area contributed by atoms with E-state index in [4.69, 9.17) is 0 Å². The van der Waals surface area contributed by atoms with Crippen molar-refractivity contribution in [2.24, 2.45) is 14.1 Å². The number of hydrogen-bond acceptors (Lipinski definition) is 5. The number of aromatic nitrogens is 4. The summed E-state index contributed by atoms with van der Waals surface area (Å²) >= 11 is 0. The van der Waals surface area contributed by atoms with E-state index in [0.29, 0.717) is 6.54 Å². The molecule has 2 rings (SSSR count). The van der Waals surface area contributed by atoms with Gasteiger partial charge >= 0.3 is 5.69 Å². The number of aryl methyl sites for hydroxylation is 2. The molecule has 7 heteroatoms. The molecule has 0 atom stereocenters. The summed E-state index contributed by atoms with van der Waals surface area (Å²) in [5, 5.41) is 6.80. The lowest BCUT2D eigenvalue weighted by atomic mass is 10.3. The van der Waals surface area contributed by atoms with Crippen molar-refractivity contribution in [3.05, 3.63) is 50.4 Å². The van der Waals surface area contributed by atoms with Crippen LogP contribution in [0.4, 0.5) is 5.82 Å². The molecular formula is C12H15N5O2. The third-order valence-electron chi connectivity index (χ3n) is 2.70. The molecule has 0 radical (unpaired) electrons. The number of rotatable bonds is 3. The maximum absolute atomic E-state index is 11.8. The molecule has 0 spiro atoms. The zero-order valence-electron chi connectivity index (χ0n) is 11.0. The van der Waals surface area contributed by atoms with Crippen LogP contribution in [0, 0.1) is 6.92 Å². The minimum atomic E-state index is -0.454. The summed E-state index contributed by atoms with van der Waals surface area (Å²) in [6.45, 7) is 2.27. The quantitative estimate of drug-likeness (QED) is 0.827. The molecular weight excluding hydrogens is 246 g/mol. The Bertz CT molecular complexity index is 717. The van der Waals surface area contributed by atoms with Gasteiger partial charge in [0.05, 0.1) is 12.2 Å². The van der Waals surface area contributed by atoms with Gasteiger partial charge in [0.25, 0.3) is 5.56 Å². The van der Waals surface area contributed by atoms with E-state index in [2.05, 4.69) is 15.4 Å². The van der Waals surface area contributed by atoms with Crippen LogP contribution in [0.2, 0.25) is 0 Å². The van der Waals surface area contributed by atoms with Crippen molar-refractivity contribution in [2.75, 3.05) is 5.32 Å². The first-order valence-electron chi connectivity index (χ1n) is 5.80. The predicted molar refractivity (Wildman–Crippen MR) is 71.0 cm³/mol. The van der Waals surface area contributed by atoms with Gasteiger partial charge in [-0.05, 0) is 19.1 Å². The van der Waals surface area contributed by atoms with Crippen LogP contribution in [0.15, 0.2) is 27.8 Å². The summed E-state index contributed by atoms with van der Waals surface area (Å²) in [5.74, 6) is 0.132. The van der Waals surface area contributed by atoms with Gasteiger partial charge in [-0.25, -0.2) is 9.48 Å². The number of pyridine rings is 1. The van der Waals surface area contributed by atoms with Gasteiger partial charge in [0.1, 0.15) is 0 Å². The van der Waals surface area contributed by atoms with E-state index >= 15 is 0 Å². The van der Waals surface area contributed by atoms with Gasteiger partial charge in [-0.2, -0.15) is 0 Å². The van der Waals surface area contributed by atoms with Crippen LogP contribution in [-0.4, -0.2) is 19.3 Å². The Morgan fingerprint density at radius 1 is 1.26 bits per heavy atom. The first kappa shape index (κ1) is 13.0. The molecule has 0 aliphatic carbocycles. The van der Waals surface area contributed by atoms with Crippen LogP contribution in [-0.2, 0) is 20.6 Å². The number of nitrogens with zero attached hydrogens (tertiary/aromatic N) is 4. The Morgan fingerprint density at radius 2 is 2.00 bits per heavy atom. The van der Waals surface area contributed by atoms with Crippen molar-refractivity contribution >= 4 is 5.82 Å². The summed E-state index contributed by atoms with van der Waals surface area (Å²) in [6.07, 6.45) is 0. The van der Waals surface area contributed by atoms with Gasteiger partial charge in [-0.3, -0.25) is 14.3 Å². The van der Waals surface area contributed by atoms with Crippen molar-refractivity contribution in [3.63, 3.8) is 0 Å². The average Bonchev–Trinajstić information content (AvgIpc) is 2.39. The highest BCUT2D eigenvalue weighted by molar-refractivity contribution is 5.30. The van der Waals surface area contributed by atoms with Gasteiger partial charge in [-0.15, -0.1) is 5.10 Å². The molecule has 0 aliphatic rings. The largest absolute Gasteiger partial charge is 0.358 e. The summed E-state index contributed by atoms with van der Waals surface area (Å²) in [7, 11) is 2.92. The van der Waals surface area contributed by atoms with E-state index in [0.717, 1.165) is 20.6 Å². The molecule has 2 heterocycles. The van der Waals surface area contributed by atoms with E-state index < -0.39 is 11.2 Å². The number of anilines is 1. The average molecular weight is 261 g/mol. The van der Waals surface area contributed by atoms with Crippen LogP contribution in [0.25, 0.3) is 0 Å². The second kappa shape index (κ2) is 5.05. The van der Waals surface area contributed by atoms with Crippen molar-refractivity contribution < 1.29 is 0 Å². The molecule has 7 nitrogen and oxygen atoms in total. The Hall–Kier alpha value is -2.44. The molecule has 2 aromatic rings. The second-order valence-corrected chi connectivity index (χ2v) is 4.24. The minimum absolute atomic E-state index is 0.132. The van der Waals surface area contributed by atoms with Crippen molar-refractivity contribution in [1.29, 1.82) is 0 Å². The van der Waals surface area contributed by atoms with Gasteiger partial charge in [0, 0.05) is 19.8 Å². The standard InChI is InChI=1S/C12H15N5O2/c1-8-5-4-6-9(14-8)7-13-10-11(18)16(2)12(19)17(3)15-10/h4-6H,7H2,1-3H3,(H,13,15). The van der Waals surface area contributed by atoms with Crippen LogP contribution < -0.4 is 16.6 Å². The van der Waals surface area contributed by atoms with E-state index in [9.17, 15) is 9.59 Å². The molecule has 0 saturated heterocycles. The highest BCUT2D eigenvalue weighted by Crippen LogP contribution is 2.00. The van der Waals surface area contributed by atoms with Gasteiger partial charge in [0.2, 0.25) is 5.82 Å². The first-order valence-corrected chi connectivity index (χ1v) is 5.80. The summed E-state index contributed by atoms with van der Waals surface area (Å²) in [6, 6.07) is 5.64. The molecule has 2 aromatic heterocycles. The lowest BCUT2D eigenvalue weighted by molar-refractivity contribution is 0.604. The molecule has 0 saturated carbocycles. The predicted octanol–water partition coefficient (Wildman–Crippen LogP) is -0.205. The Labute approximate surface area is 109 Å². The second-order valence-electron chi connectivity index (χ2n) is 4.24. The zero-order chi connectivity index (χ0) is 14.0. The van der Waals surface area contributed by atoms with E-state index in [1.807, 2.05) is 25.1 Å². The molecule has 0 aliphatic heterocycles. The lowest BCUT2D eigenvalue weighted by Crippen LogP contribution is -2.39. The Balaban J connectivity index is 2.26. The summed E-state index contributed by atoms with van der Waals surface area (Å²) in [5.41, 5.74) is 0.804. The number of hydrogen-bond donors (Lipinski definition) is 1. The van der Waals surface area contributed by atoms with Gasteiger partial charge in [0.15, 0.2) is 0 Å². The molecule has 100 valence electrons. The lowest BCUT2D eigenvalue weighted by Gasteiger charge is -2.07. The SMILES string of the molecule is Cc1cccc(CNc2nn(C)c(=O)n(C)c2=O)n1. The summed E-state index contributed by atoms with van der Waals surface area (Å²) < 4.78 is 2.13. The van der Waals surface area contributed by atoms with E-state index in [1.54, 1.807) is 0 Å². The molecule has 0 aromatic carbocycles. The smallest absolute Gasteiger partial charge is 0.346 e. The maximum atomic E-state index is 11.8. The summed E-state index contributed by atoms with van der Waals surface area (Å²) in [4.78, 5) is 27.6. The Kier molecular flexibility index (Phi) is 3.46. The van der Waals surface area contributed by atoms with Crippen molar-refractivity contribution in [1.82, 2.24) is 19.3 Å². The molecule has 0 bridgehead atoms. The van der Waals surface area contributed by atoms with Crippen LogP contribution in [0.3, 0.4) is 0 Å². The van der Waals surface area contributed by atoms with Gasteiger partial charge < -0.3 is 5.32 Å². The highest BCUT2D eigenvalue weighted by atomic mass is 16.2. The minimum Gasteiger partial charge on any atom is -0.358 e. The molecule has 0 fully saturated rings. The third-order valence-corrected chi connectivity index (χ3v) is 2.70. The Morgan fingerprint density at radius 3 is 2.68 bits per heavy atom. The molecule has 0 amide bonds. The van der Waals surface area contributed by atoms with E-state index in [-0.39, 0.29) is 5.82 Å². The van der Waals surface area contributed by atoms with E-state index in [1.165, 1.54) is 14.1 Å². The first-order chi connectivity index (χ1) is 8.99. The van der Waals surface area contributed by atoms with Crippen LogP contribution in [0.5, 0.6) is 0 Å². The molecule has 1 N–H and O–H groups in total. The highest BCUT2D eigenvalue weighted by Gasteiger charge is 2.08. The normalized spacial score (nSPS) is 10.5. The fourth-order valence-corrected chi connectivity index (χ4v) is 1.68. The fourth-order valence-electron chi connectivity index (χ4n) is 1.68. The van der Waals surface area contributed by atoms with Crippen LogP contribution >= 0.6 is 0 Å².